The Morgan fingerprint density at radius 3 is 2.47 bits per heavy atom. The molecule has 9 heteroatoms. The molecule has 1 aromatic heterocycles. The Kier molecular flexibility index (Phi) is 4.76. The zero-order valence-electron chi connectivity index (χ0n) is 19.6. The fraction of sp³-hybridized carbons (Fsp3) is 0.370. The zero-order chi connectivity index (χ0) is 24.9. The number of methoxy groups -OCH3 is 1. The van der Waals surface area contributed by atoms with Gasteiger partial charge in [0.05, 0.1) is 29.7 Å². The smallest absolute Gasteiger partial charge is 0.305 e. The van der Waals surface area contributed by atoms with E-state index in [0.29, 0.717) is 11.4 Å². The summed E-state index contributed by atoms with van der Waals surface area (Å²) in [5.41, 5.74) is 2.67. The Labute approximate surface area is 215 Å². The molecule has 3 heterocycles. The molecule has 1 saturated heterocycles. The van der Waals surface area contributed by atoms with Crippen LogP contribution < -0.4 is 14.5 Å². The molecule has 7 rings (SSSR count). The number of ether oxygens (including phenoxy) is 1. The molecule has 7 atom stereocenters. The number of fused-ring (bicyclic) bond motifs is 9. The first-order chi connectivity index (χ1) is 17.4. The SMILES string of the molecule is COc1cc([C@@H]2c3sc(=O)[nH]c3S[C@@H]3[C@H]4C[C@@H]([C@@H]5C(=O)N(c6ccc(C)cc6)C(=O)[C@H]45)[C@@H]23)ccc1O. The number of imide groups is 1. The minimum absolute atomic E-state index is 0.0412. The fourth-order valence-electron chi connectivity index (χ4n) is 7.23. The zero-order valence-corrected chi connectivity index (χ0v) is 21.3. The summed E-state index contributed by atoms with van der Waals surface area (Å²) >= 11 is 2.88. The van der Waals surface area contributed by atoms with Crippen LogP contribution in [0.1, 0.15) is 28.3 Å². The van der Waals surface area contributed by atoms with Crippen LogP contribution in [0.2, 0.25) is 0 Å². The summed E-state index contributed by atoms with van der Waals surface area (Å²) in [7, 11) is 1.52. The second-order valence-electron chi connectivity index (χ2n) is 10.2. The highest BCUT2D eigenvalue weighted by molar-refractivity contribution is 8.00. The van der Waals surface area contributed by atoms with Gasteiger partial charge in [0.25, 0.3) is 0 Å². The number of hydrogen-bond donors (Lipinski definition) is 2. The molecule has 36 heavy (non-hydrogen) atoms. The predicted molar refractivity (Wildman–Crippen MR) is 137 cm³/mol. The quantitative estimate of drug-likeness (QED) is 0.504. The number of thiazole rings is 1. The number of aromatic hydroxyl groups is 1. The first-order valence-electron chi connectivity index (χ1n) is 12.1. The molecule has 2 saturated carbocycles. The summed E-state index contributed by atoms with van der Waals surface area (Å²) in [6.07, 6.45) is 0.835. The number of rotatable bonds is 3. The van der Waals surface area contributed by atoms with E-state index in [9.17, 15) is 19.5 Å². The first-order valence-corrected chi connectivity index (χ1v) is 13.8. The number of nitrogens with one attached hydrogen (secondary N) is 1. The Bertz CT molecular complexity index is 1480. The van der Waals surface area contributed by atoms with E-state index in [1.165, 1.54) is 23.3 Å². The van der Waals surface area contributed by atoms with Crippen LogP contribution in [0, 0.1) is 36.5 Å². The van der Waals surface area contributed by atoms with Gasteiger partial charge in [-0.3, -0.25) is 19.3 Å². The van der Waals surface area contributed by atoms with E-state index < -0.39 is 0 Å². The molecule has 0 spiro atoms. The molecular formula is C27H24N2O5S2. The topological polar surface area (TPSA) is 99.7 Å². The number of phenolic OH excluding ortho intramolecular Hbond substituents is 1. The largest absolute Gasteiger partial charge is 0.504 e. The van der Waals surface area contributed by atoms with Crippen molar-refractivity contribution in [1.82, 2.24) is 4.98 Å². The van der Waals surface area contributed by atoms with E-state index in [1.54, 1.807) is 17.8 Å². The number of benzene rings is 2. The van der Waals surface area contributed by atoms with E-state index in [-0.39, 0.29) is 63.2 Å². The van der Waals surface area contributed by atoms with Crippen molar-refractivity contribution in [2.45, 2.75) is 29.5 Å². The summed E-state index contributed by atoms with van der Waals surface area (Å²) in [5, 5.41) is 11.2. The summed E-state index contributed by atoms with van der Waals surface area (Å²) in [5.74, 6) is -0.313. The average molecular weight is 521 g/mol. The van der Waals surface area contributed by atoms with Crippen LogP contribution in [0.15, 0.2) is 52.3 Å². The minimum Gasteiger partial charge on any atom is -0.504 e. The number of carbonyl (C=O) groups excluding carboxylic acids is 2. The van der Waals surface area contributed by atoms with Crippen molar-refractivity contribution in [3.63, 3.8) is 0 Å². The van der Waals surface area contributed by atoms with Gasteiger partial charge in [0, 0.05) is 16.0 Å². The van der Waals surface area contributed by atoms with Crippen molar-refractivity contribution in [1.29, 1.82) is 0 Å². The van der Waals surface area contributed by atoms with Gasteiger partial charge in [-0.05, 0) is 60.9 Å². The lowest BCUT2D eigenvalue weighted by molar-refractivity contribution is -0.123. The number of hydrogen-bond acceptors (Lipinski definition) is 7. The van der Waals surface area contributed by atoms with Gasteiger partial charge >= 0.3 is 4.87 Å². The molecule has 2 N–H and O–H groups in total. The Morgan fingerprint density at radius 1 is 1.03 bits per heavy atom. The number of nitrogens with zero attached hydrogens (tertiary/aromatic N) is 1. The number of aryl methyl sites for hydroxylation is 1. The molecule has 184 valence electrons. The first kappa shape index (κ1) is 22.2. The van der Waals surface area contributed by atoms with Crippen molar-refractivity contribution < 1.29 is 19.4 Å². The lowest BCUT2D eigenvalue weighted by Gasteiger charge is -2.43. The van der Waals surface area contributed by atoms with Crippen molar-refractivity contribution >= 4 is 40.6 Å². The molecule has 3 aromatic rings. The third-order valence-corrected chi connectivity index (χ3v) is 11.2. The van der Waals surface area contributed by atoms with Gasteiger partial charge in [-0.1, -0.05) is 35.1 Å². The van der Waals surface area contributed by atoms with Gasteiger partial charge in [-0.2, -0.15) is 0 Å². The molecule has 0 unspecified atom stereocenters. The molecule has 7 nitrogen and oxygen atoms in total. The van der Waals surface area contributed by atoms with Crippen LogP contribution in [0.25, 0.3) is 0 Å². The van der Waals surface area contributed by atoms with E-state index in [1.807, 2.05) is 43.3 Å². The van der Waals surface area contributed by atoms with E-state index >= 15 is 0 Å². The van der Waals surface area contributed by atoms with Crippen LogP contribution in [0.3, 0.4) is 0 Å². The van der Waals surface area contributed by atoms with Crippen LogP contribution in [0.5, 0.6) is 11.5 Å². The van der Waals surface area contributed by atoms with Gasteiger partial charge in [0.15, 0.2) is 11.5 Å². The third kappa shape index (κ3) is 2.90. The number of anilines is 1. The fourth-order valence-corrected chi connectivity index (χ4v) is 10.1. The van der Waals surface area contributed by atoms with Crippen LogP contribution in [-0.4, -0.2) is 34.3 Å². The molecule has 2 aliphatic heterocycles. The lowest BCUT2D eigenvalue weighted by atomic mass is 9.68. The van der Waals surface area contributed by atoms with E-state index in [4.69, 9.17) is 4.74 Å². The molecule has 2 aliphatic carbocycles. The minimum atomic E-state index is -0.343. The predicted octanol–water partition coefficient (Wildman–Crippen LogP) is 4.14. The van der Waals surface area contributed by atoms with Crippen molar-refractivity contribution in [2.75, 3.05) is 12.0 Å². The van der Waals surface area contributed by atoms with Crippen molar-refractivity contribution in [2.24, 2.45) is 29.6 Å². The normalized spacial score (nSPS) is 31.9. The summed E-state index contributed by atoms with van der Waals surface area (Å²) < 4.78 is 5.39. The highest BCUT2D eigenvalue weighted by Gasteiger charge is 2.69. The molecule has 2 amide bonds. The highest BCUT2D eigenvalue weighted by Crippen LogP contribution is 2.68. The monoisotopic (exact) mass is 520 g/mol. The van der Waals surface area contributed by atoms with Gasteiger partial charge in [-0.15, -0.1) is 11.8 Å². The van der Waals surface area contributed by atoms with Gasteiger partial charge in [0.1, 0.15) is 0 Å². The maximum atomic E-state index is 13.8. The summed E-state index contributed by atoms with van der Waals surface area (Å²) in [6.45, 7) is 1.98. The third-order valence-electron chi connectivity index (χ3n) is 8.58. The number of phenols is 1. The number of H-pyrrole nitrogens is 1. The standard InChI is InChI=1S/C27H24N2O5S2/c1-11-3-6-13(7-4-11)29-25(31)20-14-10-15(21(20)26(29)32)22-19(14)18(23-24(35-22)28-27(33)36-23)12-5-8-16(30)17(9-12)34-2/h3-9,14-15,18-22,30H,10H2,1-2H3,(H,28,33)/t14-,15+,18+,19+,20+,21-,22-/m1/s1. The lowest BCUT2D eigenvalue weighted by Crippen LogP contribution is -2.42. The van der Waals surface area contributed by atoms with Crippen LogP contribution in [-0.2, 0) is 9.59 Å². The van der Waals surface area contributed by atoms with Gasteiger partial charge in [0.2, 0.25) is 11.8 Å². The van der Waals surface area contributed by atoms with Crippen molar-refractivity contribution in [3.05, 3.63) is 68.1 Å². The van der Waals surface area contributed by atoms with Crippen LogP contribution >= 0.6 is 23.1 Å². The summed E-state index contributed by atoms with van der Waals surface area (Å²) in [6, 6.07) is 12.9. The highest BCUT2D eigenvalue weighted by atomic mass is 32.2. The second-order valence-corrected chi connectivity index (χ2v) is 12.4. The number of carbonyl (C=O) groups is 2. The Balaban J connectivity index is 1.33. The van der Waals surface area contributed by atoms with E-state index in [0.717, 1.165) is 27.5 Å². The molecule has 2 aromatic carbocycles. The average Bonchev–Trinajstić information content (AvgIpc) is 3.59. The number of aromatic amines is 1. The Hall–Kier alpha value is -3.04. The molecular weight excluding hydrogens is 496 g/mol. The molecule has 2 bridgehead atoms. The van der Waals surface area contributed by atoms with Gasteiger partial charge in [-0.25, -0.2) is 0 Å². The van der Waals surface area contributed by atoms with E-state index in [2.05, 4.69) is 4.98 Å². The maximum absolute atomic E-state index is 13.8. The summed E-state index contributed by atoms with van der Waals surface area (Å²) in [4.78, 5) is 45.1. The Morgan fingerprint density at radius 2 is 1.75 bits per heavy atom. The molecule has 3 fully saturated rings. The number of thioether (sulfide) groups is 1. The molecule has 4 aliphatic rings. The number of amides is 2. The molecule has 0 radical (unpaired) electrons. The van der Waals surface area contributed by atoms with Crippen molar-refractivity contribution in [3.8, 4) is 11.5 Å². The van der Waals surface area contributed by atoms with Crippen LogP contribution in [0.4, 0.5) is 5.69 Å². The van der Waals surface area contributed by atoms with Gasteiger partial charge < -0.3 is 14.8 Å². The number of aromatic nitrogens is 1. The maximum Gasteiger partial charge on any atom is 0.305 e. The second kappa shape index (κ2) is 7.73.